The molecule has 12 heteroatoms. The highest BCUT2D eigenvalue weighted by molar-refractivity contribution is 5.92. The van der Waals surface area contributed by atoms with Gasteiger partial charge >= 0.3 is 5.97 Å². The third-order valence-corrected chi connectivity index (χ3v) is 9.72. The maximum atomic E-state index is 14.5. The number of hydrogen-bond acceptors (Lipinski definition) is 8. The number of nitrogens with two attached hydrogens (primary N) is 1. The number of nitrogens with zero attached hydrogens (tertiary/aromatic N) is 3. The van der Waals surface area contributed by atoms with Crippen LogP contribution in [0.25, 0.3) is 22.3 Å². The number of carbonyl (C=O) groups is 3. The Bertz CT molecular complexity index is 1820. The molecule has 1 aromatic carbocycles. The Labute approximate surface area is 299 Å². The molecule has 51 heavy (non-hydrogen) atoms. The first-order chi connectivity index (χ1) is 24.4. The summed E-state index contributed by atoms with van der Waals surface area (Å²) in [6.07, 6.45) is 8.92. The normalized spacial score (nSPS) is 15.7. The summed E-state index contributed by atoms with van der Waals surface area (Å²) in [7, 11) is 0. The van der Waals surface area contributed by atoms with E-state index in [4.69, 9.17) is 15.5 Å². The fraction of sp³-hybridized carbons (Fsp3) is 0.564. The predicted molar refractivity (Wildman–Crippen MR) is 193 cm³/mol. The molecule has 4 heterocycles. The molecule has 0 bridgehead atoms. The van der Waals surface area contributed by atoms with E-state index in [-0.39, 0.29) is 42.5 Å². The molecule has 0 saturated heterocycles. The van der Waals surface area contributed by atoms with E-state index in [1.807, 2.05) is 13.8 Å². The molecule has 278 valence electrons. The molecule has 6 rings (SSSR count). The average Bonchev–Trinajstić information content (AvgIpc) is 3.48. The Hall–Kier alpha value is -4.16. The molecule has 3 aromatic rings. The van der Waals surface area contributed by atoms with Crippen LogP contribution in [0, 0.1) is 12.7 Å². The lowest BCUT2D eigenvalue weighted by atomic mass is 9.85. The average molecular weight is 709 g/mol. The molecule has 0 radical (unpaired) electrons. The van der Waals surface area contributed by atoms with E-state index in [1.165, 1.54) is 36.6 Å². The molecular formula is C39H53FN4O7. The van der Waals surface area contributed by atoms with Gasteiger partial charge in [-0.2, -0.15) is 0 Å². The van der Waals surface area contributed by atoms with Crippen molar-refractivity contribution in [2.75, 3.05) is 13.1 Å². The molecule has 0 saturated carbocycles. The summed E-state index contributed by atoms with van der Waals surface area (Å²) in [6.45, 7) is 9.88. The number of aryl methyl sites for hydroxylation is 2. The number of ether oxygens (including phenoxy) is 1. The van der Waals surface area contributed by atoms with Crippen LogP contribution >= 0.6 is 0 Å². The molecule has 2 aromatic heterocycles. The number of rotatable bonds is 12. The largest absolute Gasteiger partial charge is 0.458 e. The van der Waals surface area contributed by atoms with Gasteiger partial charge in [0.25, 0.3) is 5.56 Å². The highest BCUT2D eigenvalue weighted by Crippen LogP contribution is 2.42. The summed E-state index contributed by atoms with van der Waals surface area (Å²) in [6, 6.07) is 3.13. The summed E-state index contributed by atoms with van der Waals surface area (Å²) in [4.78, 5) is 53.8. The summed E-state index contributed by atoms with van der Waals surface area (Å²) in [5.74, 6) is -1.67. The lowest BCUT2D eigenvalue weighted by Crippen LogP contribution is -2.42. The summed E-state index contributed by atoms with van der Waals surface area (Å²) >= 11 is 0. The Morgan fingerprint density at radius 2 is 1.73 bits per heavy atom. The van der Waals surface area contributed by atoms with Crippen molar-refractivity contribution in [2.45, 2.75) is 131 Å². The lowest BCUT2D eigenvalue weighted by molar-refractivity contribution is -0.157. The molecule has 1 aliphatic carbocycles. The Balaban J connectivity index is 0.000000235. The van der Waals surface area contributed by atoms with Crippen LogP contribution in [0.2, 0.25) is 0 Å². The summed E-state index contributed by atoms with van der Waals surface area (Å²) < 4.78 is 21.1. The van der Waals surface area contributed by atoms with Crippen molar-refractivity contribution in [3.8, 4) is 11.4 Å². The van der Waals surface area contributed by atoms with Gasteiger partial charge in [0.05, 0.1) is 41.7 Å². The quantitative estimate of drug-likeness (QED) is 0.132. The van der Waals surface area contributed by atoms with Crippen molar-refractivity contribution in [3.63, 3.8) is 0 Å². The van der Waals surface area contributed by atoms with Crippen LogP contribution in [0.5, 0.6) is 0 Å². The second kappa shape index (κ2) is 17.9. The van der Waals surface area contributed by atoms with Gasteiger partial charge in [0.15, 0.2) is 6.10 Å². The van der Waals surface area contributed by atoms with Gasteiger partial charge in [0.2, 0.25) is 11.8 Å². The topological polar surface area (TPSA) is 165 Å². The van der Waals surface area contributed by atoms with Crippen molar-refractivity contribution in [2.24, 2.45) is 5.73 Å². The summed E-state index contributed by atoms with van der Waals surface area (Å²) in [5, 5.41) is 20.6. The molecular weight excluding hydrogens is 655 g/mol. The lowest BCUT2D eigenvalue weighted by Gasteiger charge is -2.22. The minimum atomic E-state index is -1.48. The number of aliphatic hydroxyl groups is 2. The standard InChI is InChI=1S/C22H17FN2O4.C15H30N2O3.C2H6/c1-9-10-3-2-4-11-13-7-25-17(19(13)24-16(18(10)11)6-15(9)23)5-12-14(21(25)27)8-29-22(28)20(12)26;1-3-4-5-6-7-8-9-10-15(20)17(11-13(2)18)12-14(16)19;1-2/h5-6,20,26H,2-4,7-8H2,1H3;13,18H,3-12H2,1-2H3,(H2,16,19);1-2H3. The van der Waals surface area contributed by atoms with E-state index in [1.54, 1.807) is 24.5 Å². The van der Waals surface area contributed by atoms with Crippen LogP contribution in [-0.4, -0.2) is 61.6 Å². The molecule has 2 aliphatic heterocycles. The smallest absolute Gasteiger partial charge is 0.340 e. The van der Waals surface area contributed by atoms with Crippen LogP contribution in [0.4, 0.5) is 4.39 Å². The predicted octanol–water partition coefficient (Wildman–Crippen LogP) is 5.30. The molecule has 0 spiro atoms. The maximum Gasteiger partial charge on any atom is 0.340 e. The van der Waals surface area contributed by atoms with E-state index in [0.717, 1.165) is 60.6 Å². The van der Waals surface area contributed by atoms with Crippen molar-refractivity contribution < 1.29 is 33.7 Å². The Kier molecular flexibility index (Phi) is 13.9. The summed E-state index contributed by atoms with van der Waals surface area (Å²) in [5.41, 5.74) is 11.0. The van der Waals surface area contributed by atoms with Crippen LogP contribution in [-0.2, 0) is 45.1 Å². The number of benzene rings is 1. The number of carbonyl (C=O) groups excluding carboxylic acids is 3. The second-order valence-electron chi connectivity index (χ2n) is 13.5. The van der Waals surface area contributed by atoms with Gasteiger partial charge in [-0.25, -0.2) is 14.2 Å². The Morgan fingerprint density at radius 1 is 1.06 bits per heavy atom. The number of unbranched alkanes of at least 4 members (excludes halogenated alkanes) is 6. The number of aromatic nitrogens is 2. The van der Waals surface area contributed by atoms with Crippen LogP contribution in [0.3, 0.4) is 0 Å². The van der Waals surface area contributed by atoms with Crippen molar-refractivity contribution in [3.05, 3.63) is 61.7 Å². The SMILES string of the molecule is CC.CCCCCCCCCC(=O)N(CC(N)=O)CC(C)O.Cc1c(F)cc2nc3c(c4c2c1CCC4)Cn1c-3cc2c(c1=O)COC(=O)C2O. The number of hydrogen-bond donors (Lipinski definition) is 3. The zero-order valence-electron chi connectivity index (χ0n) is 30.6. The van der Waals surface area contributed by atoms with Crippen LogP contribution < -0.4 is 11.3 Å². The van der Waals surface area contributed by atoms with Crippen molar-refractivity contribution in [1.82, 2.24) is 14.5 Å². The highest BCUT2D eigenvalue weighted by Gasteiger charge is 2.35. The van der Waals surface area contributed by atoms with Gasteiger partial charge in [-0.3, -0.25) is 14.4 Å². The molecule has 3 aliphatic rings. The molecule has 0 fully saturated rings. The van der Waals surface area contributed by atoms with E-state index in [9.17, 15) is 33.8 Å². The molecule has 2 atom stereocenters. The van der Waals surface area contributed by atoms with Gasteiger partial charge in [-0.05, 0) is 62.3 Å². The fourth-order valence-corrected chi connectivity index (χ4v) is 7.22. The number of esters is 1. The van der Waals surface area contributed by atoms with Gasteiger partial charge in [-0.1, -0.05) is 59.3 Å². The molecule has 11 nitrogen and oxygen atoms in total. The molecule has 2 unspecified atom stereocenters. The zero-order chi connectivity index (χ0) is 37.4. The minimum Gasteiger partial charge on any atom is -0.458 e. The maximum absolute atomic E-state index is 14.5. The third kappa shape index (κ3) is 8.84. The Morgan fingerprint density at radius 3 is 2.39 bits per heavy atom. The monoisotopic (exact) mass is 708 g/mol. The first kappa shape index (κ1) is 39.6. The highest BCUT2D eigenvalue weighted by atomic mass is 19.1. The van der Waals surface area contributed by atoms with E-state index in [0.29, 0.717) is 41.0 Å². The second-order valence-corrected chi connectivity index (χ2v) is 13.5. The minimum absolute atomic E-state index is 0.0988. The first-order valence-electron chi connectivity index (χ1n) is 18.4. The van der Waals surface area contributed by atoms with Crippen LogP contribution in [0.1, 0.15) is 125 Å². The van der Waals surface area contributed by atoms with E-state index < -0.39 is 24.1 Å². The first-order valence-corrected chi connectivity index (χ1v) is 18.4. The molecule has 4 N–H and O–H groups in total. The number of amides is 2. The third-order valence-electron chi connectivity index (χ3n) is 9.72. The fourth-order valence-electron chi connectivity index (χ4n) is 7.22. The van der Waals surface area contributed by atoms with Gasteiger partial charge in [0.1, 0.15) is 12.4 Å². The van der Waals surface area contributed by atoms with E-state index >= 15 is 0 Å². The van der Waals surface area contributed by atoms with Crippen molar-refractivity contribution in [1.29, 1.82) is 0 Å². The van der Waals surface area contributed by atoms with Gasteiger partial charge in [0, 0.05) is 35.5 Å². The zero-order valence-corrected chi connectivity index (χ0v) is 30.6. The van der Waals surface area contributed by atoms with Crippen molar-refractivity contribution >= 4 is 28.7 Å². The van der Waals surface area contributed by atoms with Gasteiger partial charge in [-0.15, -0.1) is 0 Å². The number of cyclic esters (lactones) is 1. The number of primary amides is 1. The number of halogens is 1. The number of aliphatic hydroxyl groups excluding tert-OH is 2. The molecule has 2 amide bonds. The number of fused-ring (bicyclic) bond motifs is 5. The van der Waals surface area contributed by atoms with Gasteiger partial charge < -0.3 is 30.2 Å². The number of pyridine rings is 2. The van der Waals surface area contributed by atoms with E-state index in [2.05, 4.69) is 6.92 Å². The van der Waals surface area contributed by atoms with Crippen LogP contribution in [0.15, 0.2) is 16.9 Å².